The Morgan fingerprint density at radius 3 is 2.81 bits per heavy atom. The number of carboxylic acid groups (broad SMARTS) is 1. The van der Waals surface area contributed by atoms with Gasteiger partial charge in [-0.3, -0.25) is 9.59 Å². The van der Waals surface area contributed by atoms with Crippen molar-refractivity contribution < 1.29 is 19.1 Å². The first-order chi connectivity index (χ1) is 9.91. The summed E-state index contributed by atoms with van der Waals surface area (Å²) in [6.45, 7) is 2.40. The van der Waals surface area contributed by atoms with Crippen LogP contribution in [-0.2, 0) is 4.79 Å². The van der Waals surface area contributed by atoms with Crippen molar-refractivity contribution >= 4 is 23.5 Å². The fraction of sp³-hybridized carbons (Fsp3) is 0.467. The highest BCUT2D eigenvalue weighted by molar-refractivity contribution is 6.34. The standard InChI is InChI=1S/C15H17ClFNO3/c1-2-6-15(14(20)21)7-8-18(9-15)13(19)10-4-3-5-11(17)12(10)16/h3-5H,2,6-9H2,1H3,(H,20,21). The second kappa shape index (κ2) is 6.02. The van der Waals surface area contributed by atoms with Crippen molar-refractivity contribution in [2.24, 2.45) is 5.41 Å². The fourth-order valence-electron chi connectivity index (χ4n) is 2.85. The van der Waals surface area contributed by atoms with Gasteiger partial charge in [0.25, 0.3) is 5.91 Å². The van der Waals surface area contributed by atoms with Crippen LogP contribution in [0.1, 0.15) is 36.5 Å². The molecule has 1 heterocycles. The minimum absolute atomic E-state index is 0.0781. The van der Waals surface area contributed by atoms with Gasteiger partial charge in [-0.25, -0.2) is 4.39 Å². The normalized spacial score (nSPS) is 21.6. The number of hydrogen-bond acceptors (Lipinski definition) is 2. The molecule has 0 bridgehead atoms. The summed E-state index contributed by atoms with van der Waals surface area (Å²) in [7, 11) is 0. The molecule has 1 fully saturated rings. The smallest absolute Gasteiger partial charge is 0.311 e. The lowest BCUT2D eigenvalue weighted by atomic mass is 9.83. The highest BCUT2D eigenvalue weighted by Gasteiger charge is 2.45. The summed E-state index contributed by atoms with van der Waals surface area (Å²) in [6, 6.07) is 4.05. The molecule has 114 valence electrons. The molecule has 1 aromatic carbocycles. The van der Waals surface area contributed by atoms with E-state index in [0.29, 0.717) is 19.4 Å². The Morgan fingerprint density at radius 1 is 1.48 bits per heavy atom. The van der Waals surface area contributed by atoms with E-state index in [1.165, 1.54) is 23.1 Å². The maximum absolute atomic E-state index is 13.4. The third-order valence-electron chi connectivity index (χ3n) is 4.01. The third-order valence-corrected chi connectivity index (χ3v) is 4.39. The van der Waals surface area contributed by atoms with Crippen molar-refractivity contribution in [1.82, 2.24) is 4.90 Å². The van der Waals surface area contributed by atoms with E-state index in [4.69, 9.17) is 11.6 Å². The first-order valence-electron chi connectivity index (χ1n) is 6.88. The van der Waals surface area contributed by atoms with Crippen LogP contribution in [0.25, 0.3) is 0 Å². The van der Waals surface area contributed by atoms with Gasteiger partial charge >= 0.3 is 5.97 Å². The van der Waals surface area contributed by atoms with Crippen LogP contribution in [0.3, 0.4) is 0 Å². The number of carboxylic acids is 1. The predicted molar refractivity (Wildman–Crippen MR) is 76.9 cm³/mol. The molecular weight excluding hydrogens is 297 g/mol. The van der Waals surface area contributed by atoms with Gasteiger partial charge < -0.3 is 10.0 Å². The van der Waals surface area contributed by atoms with Gasteiger partial charge in [-0.15, -0.1) is 0 Å². The summed E-state index contributed by atoms with van der Waals surface area (Å²) in [4.78, 5) is 25.4. The summed E-state index contributed by atoms with van der Waals surface area (Å²) in [5.41, 5.74) is -0.820. The minimum atomic E-state index is -0.899. The summed E-state index contributed by atoms with van der Waals surface area (Å²) in [6.07, 6.45) is 1.66. The summed E-state index contributed by atoms with van der Waals surface area (Å²) in [5.74, 6) is -1.96. The Hall–Kier alpha value is -1.62. The lowest BCUT2D eigenvalue weighted by molar-refractivity contribution is -0.148. The third kappa shape index (κ3) is 2.88. The molecule has 1 N–H and O–H groups in total. The number of nitrogens with zero attached hydrogens (tertiary/aromatic N) is 1. The van der Waals surface area contributed by atoms with E-state index in [-0.39, 0.29) is 17.1 Å². The molecule has 1 unspecified atom stereocenters. The zero-order chi connectivity index (χ0) is 15.6. The summed E-state index contributed by atoms with van der Waals surface area (Å²) >= 11 is 5.82. The van der Waals surface area contributed by atoms with E-state index in [9.17, 15) is 19.1 Å². The van der Waals surface area contributed by atoms with Crippen LogP contribution in [0.5, 0.6) is 0 Å². The van der Waals surface area contributed by atoms with Gasteiger partial charge in [-0.2, -0.15) is 0 Å². The molecule has 21 heavy (non-hydrogen) atoms. The van der Waals surface area contributed by atoms with Crippen molar-refractivity contribution in [3.05, 3.63) is 34.6 Å². The molecule has 1 saturated heterocycles. The molecule has 1 amide bonds. The molecule has 0 saturated carbocycles. The average molecular weight is 314 g/mol. The first kappa shape index (κ1) is 15.8. The van der Waals surface area contributed by atoms with Gasteiger partial charge in [0.1, 0.15) is 5.82 Å². The Bertz CT molecular complexity index is 578. The number of aliphatic carboxylic acids is 1. The highest BCUT2D eigenvalue weighted by atomic mass is 35.5. The van der Waals surface area contributed by atoms with Gasteiger partial charge in [-0.1, -0.05) is 31.0 Å². The molecular formula is C15H17ClFNO3. The van der Waals surface area contributed by atoms with Crippen molar-refractivity contribution in [1.29, 1.82) is 0 Å². The molecule has 6 heteroatoms. The zero-order valence-corrected chi connectivity index (χ0v) is 12.5. The molecule has 0 radical (unpaired) electrons. The highest BCUT2D eigenvalue weighted by Crippen LogP contribution is 2.36. The van der Waals surface area contributed by atoms with Gasteiger partial charge in [0.15, 0.2) is 0 Å². The number of rotatable bonds is 4. The van der Waals surface area contributed by atoms with Crippen LogP contribution in [-0.4, -0.2) is 35.0 Å². The van der Waals surface area contributed by atoms with Crippen molar-refractivity contribution in [2.45, 2.75) is 26.2 Å². The van der Waals surface area contributed by atoms with Crippen molar-refractivity contribution in [3.8, 4) is 0 Å². The molecule has 2 rings (SSSR count). The Morgan fingerprint density at radius 2 is 2.19 bits per heavy atom. The molecule has 1 aromatic rings. The molecule has 1 aliphatic heterocycles. The van der Waals surface area contributed by atoms with E-state index in [1.807, 2.05) is 6.92 Å². The number of likely N-dealkylation sites (tertiary alicyclic amines) is 1. The number of carbonyl (C=O) groups is 2. The van der Waals surface area contributed by atoms with Crippen LogP contribution in [0.2, 0.25) is 5.02 Å². The van der Waals surface area contributed by atoms with Crippen LogP contribution >= 0.6 is 11.6 Å². The number of amides is 1. The van der Waals surface area contributed by atoms with Gasteiger partial charge in [0, 0.05) is 13.1 Å². The molecule has 4 nitrogen and oxygen atoms in total. The van der Waals surface area contributed by atoms with E-state index in [0.717, 1.165) is 6.42 Å². The summed E-state index contributed by atoms with van der Waals surface area (Å²) < 4.78 is 13.4. The van der Waals surface area contributed by atoms with E-state index in [2.05, 4.69) is 0 Å². The van der Waals surface area contributed by atoms with E-state index < -0.39 is 23.1 Å². The number of hydrogen-bond donors (Lipinski definition) is 1. The maximum Gasteiger partial charge on any atom is 0.311 e. The van der Waals surface area contributed by atoms with Gasteiger partial charge in [0.05, 0.1) is 16.0 Å². The fourth-order valence-corrected chi connectivity index (χ4v) is 3.06. The van der Waals surface area contributed by atoms with E-state index >= 15 is 0 Å². The summed E-state index contributed by atoms with van der Waals surface area (Å²) in [5, 5.41) is 9.22. The van der Waals surface area contributed by atoms with Crippen LogP contribution in [0.4, 0.5) is 4.39 Å². The Kier molecular flexibility index (Phi) is 4.52. The Balaban J connectivity index is 2.23. The van der Waals surface area contributed by atoms with E-state index in [1.54, 1.807) is 0 Å². The lowest BCUT2D eigenvalue weighted by Crippen LogP contribution is -2.37. The SMILES string of the molecule is CCCC1(C(=O)O)CCN(C(=O)c2cccc(F)c2Cl)C1. The average Bonchev–Trinajstić information content (AvgIpc) is 2.87. The number of halogens is 2. The second-order valence-electron chi connectivity index (χ2n) is 5.41. The topological polar surface area (TPSA) is 57.6 Å². The second-order valence-corrected chi connectivity index (χ2v) is 5.79. The van der Waals surface area contributed by atoms with Crippen molar-refractivity contribution in [2.75, 3.05) is 13.1 Å². The van der Waals surface area contributed by atoms with Crippen LogP contribution in [0, 0.1) is 11.2 Å². The molecule has 1 atom stereocenters. The lowest BCUT2D eigenvalue weighted by Gasteiger charge is -2.24. The number of carbonyl (C=O) groups excluding carboxylic acids is 1. The van der Waals surface area contributed by atoms with Crippen LogP contribution in [0.15, 0.2) is 18.2 Å². The van der Waals surface area contributed by atoms with Gasteiger partial charge in [0.2, 0.25) is 0 Å². The quantitative estimate of drug-likeness (QED) is 0.928. The molecule has 1 aliphatic rings. The van der Waals surface area contributed by atoms with Gasteiger partial charge in [-0.05, 0) is 25.0 Å². The Labute approximate surface area is 127 Å². The molecule has 0 aromatic heterocycles. The van der Waals surface area contributed by atoms with Crippen molar-refractivity contribution in [3.63, 3.8) is 0 Å². The largest absolute Gasteiger partial charge is 0.481 e. The monoisotopic (exact) mass is 313 g/mol. The predicted octanol–water partition coefficient (Wildman–Crippen LogP) is 3.20. The number of benzene rings is 1. The zero-order valence-electron chi connectivity index (χ0n) is 11.7. The molecule has 0 aliphatic carbocycles. The maximum atomic E-state index is 13.4. The first-order valence-corrected chi connectivity index (χ1v) is 7.26. The minimum Gasteiger partial charge on any atom is -0.481 e. The van der Waals surface area contributed by atoms with Crippen LogP contribution < -0.4 is 0 Å². The molecule has 0 spiro atoms.